The van der Waals surface area contributed by atoms with Gasteiger partial charge in [-0.05, 0) is 17.9 Å². The number of hydrogen-bond donors (Lipinski definition) is 0. The van der Waals surface area contributed by atoms with Gasteiger partial charge in [0.15, 0.2) is 0 Å². The number of nitrogens with zero attached hydrogens (tertiary/aromatic N) is 1. The van der Waals surface area contributed by atoms with E-state index in [2.05, 4.69) is 20.8 Å². The lowest BCUT2D eigenvalue weighted by Crippen LogP contribution is -2.14. The smallest absolute Gasteiger partial charge is 0.238 e. The van der Waals surface area contributed by atoms with Crippen LogP contribution in [0.2, 0.25) is 0 Å². The van der Waals surface area contributed by atoms with Gasteiger partial charge in [-0.3, -0.25) is 10.1 Å². The molecule has 0 saturated heterocycles. The van der Waals surface area contributed by atoms with Gasteiger partial charge in [-0.15, -0.1) is 0 Å². The Morgan fingerprint density at radius 2 is 1.79 bits per heavy atom. The maximum Gasteiger partial charge on any atom is 0.238 e. The summed E-state index contributed by atoms with van der Waals surface area (Å²) < 4.78 is 0. The molecule has 104 valence electrons. The van der Waals surface area contributed by atoms with E-state index in [-0.39, 0.29) is 29.0 Å². The zero-order valence-electron chi connectivity index (χ0n) is 12.0. The number of carbonyl (C=O) groups excluding carboxylic acids is 1. The fourth-order valence-corrected chi connectivity index (χ4v) is 1.94. The number of ketones is 1. The second-order valence-corrected chi connectivity index (χ2v) is 5.91. The van der Waals surface area contributed by atoms with Crippen LogP contribution < -0.4 is 0 Å². The van der Waals surface area contributed by atoms with Crippen molar-refractivity contribution in [1.29, 1.82) is 0 Å². The van der Waals surface area contributed by atoms with E-state index in [1.165, 1.54) is 6.92 Å². The third-order valence-corrected chi connectivity index (χ3v) is 3.19. The fourth-order valence-electron chi connectivity index (χ4n) is 1.94. The minimum absolute atomic E-state index is 0.0156. The van der Waals surface area contributed by atoms with Gasteiger partial charge in [-0.2, -0.15) is 0 Å². The van der Waals surface area contributed by atoms with Gasteiger partial charge in [0.25, 0.3) is 0 Å². The SMILES string of the molecule is CC(=O)CCC(c1ccc(C(C)(C)C)cc1)[N+](=O)[O-]. The van der Waals surface area contributed by atoms with Gasteiger partial charge in [0.05, 0.1) is 0 Å². The summed E-state index contributed by atoms with van der Waals surface area (Å²) in [6, 6.07) is 6.67. The first kappa shape index (κ1) is 15.3. The zero-order chi connectivity index (χ0) is 14.6. The highest BCUT2D eigenvalue weighted by atomic mass is 16.6. The van der Waals surface area contributed by atoms with Gasteiger partial charge in [-0.1, -0.05) is 45.0 Å². The average Bonchev–Trinajstić information content (AvgIpc) is 2.27. The molecule has 0 N–H and O–H groups in total. The largest absolute Gasteiger partial charge is 0.300 e. The Morgan fingerprint density at radius 3 is 2.16 bits per heavy atom. The monoisotopic (exact) mass is 263 g/mol. The molecule has 1 rings (SSSR count). The van der Waals surface area contributed by atoms with E-state index in [9.17, 15) is 14.9 Å². The van der Waals surface area contributed by atoms with E-state index in [1.54, 1.807) is 12.1 Å². The van der Waals surface area contributed by atoms with E-state index in [4.69, 9.17) is 0 Å². The van der Waals surface area contributed by atoms with Gasteiger partial charge >= 0.3 is 0 Å². The third kappa shape index (κ3) is 4.47. The first-order valence-electron chi connectivity index (χ1n) is 6.45. The Balaban J connectivity index is 2.92. The summed E-state index contributed by atoms with van der Waals surface area (Å²) in [5.74, 6) is -0.0156. The molecule has 0 heterocycles. The number of nitro groups is 1. The normalized spacial score (nSPS) is 13.1. The van der Waals surface area contributed by atoms with Gasteiger partial charge in [-0.25, -0.2) is 0 Å². The number of benzene rings is 1. The van der Waals surface area contributed by atoms with Crippen molar-refractivity contribution in [3.8, 4) is 0 Å². The zero-order valence-corrected chi connectivity index (χ0v) is 12.0. The van der Waals surface area contributed by atoms with E-state index in [1.807, 2.05) is 12.1 Å². The molecule has 1 aromatic carbocycles. The molecule has 0 saturated carbocycles. The van der Waals surface area contributed by atoms with Gasteiger partial charge in [0.1, 0.15) is 5.78 Å². The Bertz CT molecular complexity index is 457. The van der Waals surface area contributed by atoms with Crippen molar-refractivity contribution in [3.63, 3.8) is 0 Å². The molecule has 0 aliphatic carbocycles. The standard InChI is InChI=1S/C15H21NO3/c1-11(17)5-10-14(16(18)19)12-6-8-13(9-7-12)15(2,3)4/h6-9,14H,5,10H2,1-4H3. The lowest BCUT2D eigenvalue weighted by molar-refractivity contribution is -0.529. The van der Waals surface area contributed by atoms with Crippen molar-refractivity contribution in [3.05, 3.63) is 45.5 Å². The molecular weight excluding hydrogens is 242 g/mol. The molecule has 1 aromatic rings. The molecular formula is C15H21NO3. The van der Waals surface area contributed by atoms with Crippen LogP contribution in [0, 0.1) is 10.1 Å². The van der Waals surface area contributed by atoms with Crippen molar-refractivity contribution in [2.75, 3.05) is 0 Å². The van der Waals surface area contributed by atoms with E-state index in [0.717, 1.165) is 5.56 Å². The second-order valence-electron chi connectivity index (χ2n) is 5.91. The number of hydrogen-bond acceptors (Lipinski definition) is 3. The average molecular weight is 263 g/mol. The molecule has 0 aliphatic heterocycles. The van der Waals surface area contributed by atoms with Gasteiger partial charge < -0.3 is 4.79 Å². The maximum atomic E-state index is 11.1. The Hall–Kier alpha value is -1.71. The van der Waals surface area contributed by atoms with Crippen LogP contribution in [0.5, 0.6) is 0 Å². The molecule has 4 nitrogen and oxygen atoms in total. The van der Waals surface area contributed by atoms with Crippen LogP contribution in [0.3, 0.4) is 0 Å². The molecule has 0 fully saturated rings. The molecule has 0 radical (unpaired) electrons. The van der Waals surface area contributed by atoms with Crippen molar-refractivity contribution < 1.29 is 9.72 Å². The third-order valence-electron chi connectivity index (χ3n) is 3.19. The highest BCUT2D eigenvalue weighted by Gasteiger charge is 2.23. The van der Waals surface area contributed by atoms with Crippen LogP contribution in [0.15, 0.2) is 24.3 Å². The van der Waals surface area contributed by atoms with Crippen LogP contribution in [0.4, 0.5) is 0 Å². The molecule has 0 aliphatic rings. The summed E-state index contributed by atoms with van der Waals surface area (Å²) in [6.45, 7) is 7.76. The molecule has 19 heavy (non-hydrogen) atoms. The Morgan fingerprint density at radius 1 is 1.26 bits per heavy atom. The summed E-state index contributed by atoms with van der Waals surface area (Å²) in [5.41, 5.74) is 1.84. The lowest BCUT2D eigenvalue weighted by Gasteiger charge is -2.19. The van der Waals surface area contributed by atoms with Crippen molar-refractivity contribution in [1.82, 2.24) is 0 Å². The van der Waals surface area contributed by atoms with Crippen LogP contribution in [0.1, 0.15) is 57.7 Å². The minimum atomic E-state index is -0.794. The molecule has 4 heteroatoms. The molecule has 0 spiro atoms. The van der Waals surface area contributed by atoms with Crippen LogP contribution in [-0.4, -0.2) is 10.7 Å². The molecule has 1 unspecified atom stereocenters. The molecule has 0 aromatic heterocycles. The van der Waals surface area contributed by atoms with Crippen molar-refractivity contribution in [2.45, 2.75) is 52.0 Å². The molecule has 0 amide bonds. The van der Waals surface area contributed by atoms with Crippen LogP contribution in [-0.2, 0) is 10.2 Å². The number of Topliss-reactive ketones (excluding diaryl/α,β-unsaturated/α-hetero) is 1. The highest BCUT2D eigenvalue weighted by molar-refractivity contribution is 5.75. The second kappa shape index (κ2) is 5.95. The van der Waals surface area contributed by atoms with Crippen LogP contribution in [0.25, 0.3) is 0 Å². The first-order chi connectivity index (χ1) is 8.71. The first-order valence-corrected chi connectivity index (χ1v) is 6.45. The quantitative estimate of drug-likeness (QED) is 0.601. The van der Waals surface area contributed by atoms with Crippen molar-refractivity contribution in [2.24, 2.45) is 0 Å². The lowest BCUT2D eigenvalue weighted by atomic mass is 9.86. The van der Waals surface area contributed by atoms with Crippen LogP contribution >= 0.6 is 0 Å². The molecule has 1 atom stereocenters. The van der Waals surface area contributed by atoms with Gasteiger partial charge in [0.2, 0.25) is 6.04 Å². The van der Waals surface area contributed by atoms with Gasteiger partial charge in [0, 0.05) is 23.3 Å². The topological polar surface area (TPSA) is 60.2 Å². The van der Waals surface area contributed by atoms with E-state index >= 15 is 0 Å². The highest BCUT2D eigenvalue weighted by Crippen LogP contribution is 2.26. The predicted octanol–water partition coefficient (Wildman–Crippen LogP) is 3.67. The summed E-state index contributed by atoms with van der Waals surface area (Å²) in [5, 5.41) is 11.1. The van der Waals surface area contributed by atoms with E-state index < -0.39 is 6.04 Å². The maximum absolute atomic E-state index is 11.1. The minimum Gasteiger partial charge on any atom is -0.300 e. The van der Waals surface area contributed by atoms with E-state index in [0.29, 0.717) is 5.56 Å². The summed E-state index contributed by atoms with van der Waals surface area (Å²) >= 11 is 0. The Kier molecular flexibility index (Phi) is 4.81. The Labute approximate surface area is 114 Å². The van der Waals surface area contributed by atoms with Crippen molar-refractivity contribution >= 4 is 5.78 Å². The number of rotatable bonds is 5. The summed E-state index contributed by atoms with van der Waals surface area (Å²) in [6.07, 6.45) is 0.504. The number of carbonyl (C=O) groups is 1. The molecule has 0 bridgehead atoms. The summed E-state index contributed by atoms with van der Waals surface area (Å²) in [4.78, 5) is 21.7. The fraction of sp³-hybridized carbons (Fsp3) is 0.533. The predicted molar refractivity (Wildman–Crippen MR) is 74.8 cm³/mol. The summed E-state index contributed by atoms with van der Waals surface area (Å²) in [7, 11) is 0.